The molecule has 0 spiro atoms. The fourth-order valence-electron chi connectivity index (χ4n) is 2.74. The fourth-order valence-corrected chi connectivity index (χ4v) is 2.91. The van der Waals surface area contributed by atoms with Crippen molar-refractivity contribution in [1.29, 1.82) is 0 Å². The van der Waals surface area contributed by atoms with Gasteiger partial charge in [0.15, 0.2) is 0 Å². The third kappa shape index (κ3) is 2.61. The molecule has 3 nitrogen and oxygen atoms in total. The number of aromatic nitrogens is 2. The van der Waals surface area contributed by atoms with Gasteiger partial charge in [-0.3, -0.25) is 0 Å². The maximum absolute atomic E-state index is 6.23. The van der Waals surface area contributed by atoms with Gasteiger partial charge in [0.05, 0.1) is 10.7 Å². The van der Waals surface area contributed by atoms with Crippen LogP contribution < -0.4 is 5.32 Å². The van der Waals surface area contributed by atoms with Gasteiger partial charge in [0.1, 0.15) is 0 Å². The van der Waals surface area contributed by atoms with E-state index in [1.165, 1.54) is 31.2 Å². The standard InChI is InChI=1S/C15H18ClN3/c1-11-6-7-13(16)14(10-11)18-15-17-8-9-19(15)12-4-2-3-5-12/h6-10,12H,2-5H2,1H3,(H,17,18). The molecular formula is C15H18ClN3. The van der Waals surface area contributed by atoms with E-state index in [0.717, 1.165) is 16.7 Å². The Labute approximate surface area is 118 Å². The number of imidazole rings is 1. The van der Waals surface area contributed by atoms with Crippen LogP contribution in [-0.4, -0.2) is 9.55 Å². The molecule has 1 aliphatic rings. The third-order valence-corrected chi connectivity index (χ3v) is 4.08. The van der Waals surface area contributed by atoms with Gasteiger partial charge < -0.3 is 9.88 Å². The summed E-state index contributed by atoms with van der Waals surface area (Å²) in [4.78, 5) is 4.42. The lowest BCUT2D eigenvalue weighted by molar-refractivity contribution is 0.525. The monoisotopic (exact) mass is 275 g/mol. The summed E-state index contributed by atoms with van der Waals surface area (Å²) in [7, 11) is 0. The first-order valence-electron chi connectivity index (χ1n) is 6.80. The Morgan fingerprint density at radius 1 is 1.32 bits per heavy atom. The average molecular weight is 276 g/mol. The summed E-state index contributed by atoms with van der Waals surface area (Å²) >= 11 is 6.23. The van der Waals surface area contributed by atoms with Gasteiger partial charge in [0.25, 0.3) is 0 Å². The normalized spacial score (nSPS) is 15.9. The summed E-state index contributed by atoms with van der Waals surface area (Å²) in [5.74, 6) is 0.888. The Morgan fingerprint density at radius 3 is 2.89 bits per heavy atom. The highest BCUT2D eigenvalue weighted by Crippen LogP contribution is 2.33. The number of hydrogen-bond donors (Lipinski definition) is 1. The predicted octanol–water partition coefficient (Wildman–Crippen LogP) is 4.70. The van der Waals surface area contributed by atoms with Crippen LogP contribution in [0.2, 0.25) is 5.02 Å². The molecule has 1 aromatic heterocycles. The molecule has 1 heterocycles. The van der Waals surface area contributed by atoms with E-state index in [0.29, 0.717) is 6.04 Å². The van der Waals surface area contributed by atoms with Gasteiger partial charge in [-0.1, -0.05) is 30.5 Å². The van der Waals surface area contributed by atoms with Gasteiger partial charge in [0, 0.05) is 18.4 Å². The lowest BCUT2D eigenvalue weighted by atomic mass is 10.2. The summed E-state index contributed by atoms with van der Waals surface area (Å²) < 4.78 is 2.24. The molecule has 0 aliphatic heterocycles. The Morgan fingerprint density at radius 2 is 2.11 bits per heavy atom. The number of hydrogen-bond acceptors (Lipinski definition) is 2. The molecule has 0 radical (unpaired) electrons. The van der Waals surface area contributed by atoms with E-state index in [1.54, 1.807) is 0 Å². The zero-order chi connectivity index (χ0) is 13.2. The zero-order valence-electron chi connectivity index (χ0n) is 11.1. The molecule has 1 saturated carbocycles. The first-order chi connectivity index (χ1) is 9.24. The number of rotatable bonds is 3. The second-order valence-electron chi connectivity index (χ2n) is 5.20. The van der Waals surface area contributed by atoms with Gasteiger partial charge in [0.2, 0.25) is 5.95 Å². The van der Waals surface area contributed by atoms with Crippen molar-refractivity contribution >= 4 is 23.2 Å². The highest BCUT2D eigenvalue weighted by Gasteiger charge is 2.19. The number of anilines is 2. The van der Waals surface area contributed by atoms with Crippen LogP contribution in [0, 0.1) is 6.92 Å². The topological polar surface area (TPSA) is 29.9 Å². The van der Waals surface area contributed by atoms with Crippen molar-refractivity contribution in [3.05, 3.63) is 41.2 Å². The maximum atomic E-state index is 6.23. The number of nitrogens with one attached hydrogen (secondary N) is 1. The highest BCUT2D eigenvalue weighted by atomic mass is 35.5. The molecule has 19 heavy (non-hydrogen) atoms. The molecule has 2 aromatic rings. The van der Waals surface area contributed by atoms with Crippen molar-refractivity contribution in [3.8, 4) is 0 Å². The molecule has 1 fully saturated rings. The summed E-state index contributed by atoms with van der Waals surface area (Å²) in [6.45, 7) is 2.06. The van der Waals surface area contributed by atoms with E-state index in [2.05, 4.69) is 34.1 Å². The van der Waals surface area contributed by atoms with Crippen LogP contribution >= 0.6 is 11.6 Å². The fraction of sp³-hybridized carbons (Fsp3) is 0.400. The van der Waals surface area contributed by atoms with Gasteiger partial charge in [-0.25, -0.2) is 4.98 Å². The minimum atomic E-state index is 0.577. The lowest BCUT2D eigenvalue weighted by Gasteiger charge is -2.16. The zero-order valence-corrected chi connectivity index (χ0v) is 11.8. The van der Waals surface area contributed by atoms with E-state index in [-0.39, 0.29) is 0 Å². The summed E-state index contributed by atoms with van der Waals surface area (Å²) in [5.41, 5.74) is 2.11. The molecule has 100 valence electrons. The van der Waals surface area contributed by atoms with Crippen molar-refractivity contribution in [1.82, 2.24) is 9.55 Å². The van der Waals surface area contributed by atoms with Crippen molar-refractivity contribution in [2.45, 2.75) is 38.6 Å². The minimum Gasteiger partial charge on any atom is -0.324 e. The molecule has 1 aromatic carbocycles. The number of aryl methyl sites for hydroxylation is 1. The largest absolute Gasteiger partial charge is 0.324 e. The minimum absolute atomic E-state index is 0.577. The first-order valence-corrected chi connectivity index (χ1v) is 7.18. The molecule has 0 amide bonds. The van der Waals surface area contributed by atoms with Crippen molar-refractivity contribution < 1.29 is 0 Å². The van der Waals surface area contributed by atoms with E-state index in [1.807, 2.05) is 18.3 Å². The van der Waals surface area contributed by atoms with E-state index >= 15 is 0 Å². The van der Waals surface area contributed by atoms with Crippen molar-refractivity contribution in [3.63, 3.8) is 0 Å². The third-order valence-electron chi connectivity index (χ3n) is 3.76. The lowest BCUT2D eigenvalue weighted by Crippen LogP contribution is -2.08. The molecule has 0 atom stereocenters. The predicted molar refractivity (Wildman–Crippen MR) is 79.2 cm³/mol. The molecular weight excluding hydrogens is 258 g/mol. The summed E-state index contributed by atoms with van der Waals surface area (Å²) in [6, 6.07) is 6.56. The maximum Gasteiger partial charge on any atom is 0.207 e. The Balaban J connectivity index is 1.87. The number of nitrogens with zero attached hydrogens (tertiary/aromatic N) is 2. The van der Waals surface area contributed by atoms with Crippen molar-refractivity contribution in [2.24, 2.45) is 0 Å². The van der Waals surface area contributed by atoms with Crippen LogP contribution in [0.5, 0.6) is 0 Å². The van der Waals surface area contributed by atoms with Crippen LogP contribution in [0.3, 0.4) is 0 Å². The smallest absolute Gasteiger partial charge is 0.207 e. The van der Waals surface area contributed by atoms with Crippen LogP contribution in [0.15, 0.2) is 30.6 Å². The molecule has 0 unspecified atom stereocenters. The average Bonchev–Trinajstić information content (AvgIpc) is 3.03. The Hall–Kier alpha value is -1.48. The van der Waals surface area contributed by atoms with Gasteiger partial charge >= 0.3 is 0 Å². The second-order valence-corrected chi connectivity index (χ2v) is 5.61. The first kappa shape index (κ1) is 12.5. The van der Waals surface area contributed by atoms with Gasteiger partial charge in [-0.15, -0.1) is 0 Å². The SMILES string of the molecule is Cc1ccc(Cl)c(Nc2nccn2C2CCCC2)c1. The van der Waals surface area contributed by atoms with E-state index < -0.39 is 0 Å². The van der Waals surface area contributed by atoms with Gasteiger partial charge in [-0.2, -0.15) is 0 Å². The molecule has 0 saturated heterocycles. The van der Waals surface area contributed by atoms with Crippen LogP contribution in [-0.2, 0) is 0 Å². The Kier molecular flexibility index (Phi) is 3.47. The number of halogens is 1. The number of benzene rings is 1. The molecule has 1 aliphatic carbocycles. The Bertz CT molecular complexity index is 571. The van der Waals surface area contributed by atoms with E-state index in [4.69, 9.17) is 11.6 Å². The van der Waals surface area contributed by atoms with Crippen LogP contribution in [0.4, 0.5) is 11.6 Å². The van der Waals surface area contributed by atoms with Crippen LogP contribution in [0.1, 0.15) is 37.3 Å². The quantitative estimate of drug-likeness (QED) is 0.880. The van der Waals surface area contributed by atoms with E-state index in [9.17, 15) is 0 Å². The molecule has 0 bridgehead atoms. The van der Waals surface area contributed by atoms with Crippen LogP contribution in [0.25, 0.3) is 0 Å². The second kappa shape index (κ2) is 5.25. The molecule has 3 rings (SSSR count). The summed E-state index contributed by atoms with van der Waals surface area (Å²) in [5, 5.41) is 4.09. The highest BCUT2D eigenvalue weighted by molar-refractivity contribution is 6.33. The van der Waals surface area contributed by atoms with Gasteiger partial charge in [-0.05, 0) is 37.5 Å². The molecule has 4 heteroatoms. The summed E-state index contributed by atoms with van der Waals surface area (Å²) in [6.07, 6.45) is 9.02. The van der Waals surface area contributed by atoms with Crippen molar-refractivity contribution in [2.75, 3.05) is 5.32 Å². The molecule has 1 N–H and O–H groups in total.